The third kappa shape index (κ3) is 4.77. The Kier molecular flexibility index (Phi) is 5.45. The molecule has 1 rings (SSSR count). The van der Waals surface area contributed by atoms with Crippen molar-refractivity contribution in [3.8, 4) is 0 Å². The summed E-state index contributed by atoms with van der Waals surface area (Å²) in [6, 6.07) is 3.01. The highest BCUT2D eigenvalue weighted by atomic mass is 32.2. The number of hydrogen-bond acceptors (Lipinski definition) is 6. The van der Waals surface area contributed by atoms with Crippen molar-refractivity contribution in [1.82, 2.24) is 4.72 Å². The number of sulfonamides is 1. The number of aliphatic carboxylic acids is 1. The van der Waals surface area contributed by atoms with Crippen LogP contribution in [0.25, 0.3) is 0 Å². The highest BCUT2D eigenvalue weighted by molar-refractivity contribution is 7.90. The molecule has 8 nitrogen and oxygen atoms in total. The van der Waals surface area contributed by atoms with Crippen LogP contribution in [0, 0.1) is 0 Å². The van der Waals surface area contributed by atoms with Crippen LogP contribution in [0.2, 0.25) is 0 Å². The molecule has 0 bridgehead atoms. The molecule has 10 heteroatoms. The number of carboxylic acid groups (broad SMARTS) is 1. The summed E-state index contributed by atoms with van der Waals surface area (Å²) in [5.41, 5.74) is 0. The maximum atomic E-state index is 12.0. The second-order valence-corrected chi connectivity index (χ2v) is 7.94. The SMILES string of the molecule is COCC(NS(=O)(=O)c1ccc(S(C)(=O)=O)cc1)C(=O)O. The Bertz CT molecular complexity index is 707. The van der Waals surface area contributed by atoms with Crippen LogP contribution in [-0.4, -0.2) is 53.9 Å². The van der Waals surface area contributed by atoms with Crippen LogP contribution in [0.1, 0.15) is 0 Å². The third-order valence-electron chi connectivity index (χ3n) is 2.49. The first kappa shape index (κ1) is 17.6. The fourth-order valence-electron chi connectivity index (χ4n) is 1.44. The normalized spacial score (nSPS) is 13.8. The van der Waals surface area contributed by atoms with Gasteiger partial charge in [-0.2, -0.15) is 4.72 Å². The fourth-order valence-corrected chi connectivity index (χ4v) is 3.25. The lowest BCUT2D eigenvalue weighted by Gasteiger charge is -2.14. The second-order valence-electron chi connectivity index (χ2n) is 4.21. The number of ether oxygens (including phenoxy) is 1. The lowest BCUT2D eigenvalue weighted by Crippen LogP contribution is -2.43. The first-order chi connectivity index (χ1) is 9.58. The Morgan fingerprint density at radius 3 is 2.05 bits per heavy atom. The van der Waals surface area contributed by atoms with Crippen molar-refractivity contribution in [2.24, 2.45) is 0 Å². The number of benzene rings is 1. The Balaban J connectivity index is 3.05. The summed E-state index contributed by atoms with van der Waals surface area (Å²) in [5, 5.41) is 8.88. The first-order valence-corrected chi connectivity index (χ1v) is 8.99. The van der Waals surface area contributed by atoms with Gasteiger partial charge in [0.15, 0.2) is 9.84 Å². The van der Waals surface area contributed by atoms with Gasteiger partial charge in [-0.3, -0.25) is 4.79 Å². The summed E-state index contributed by atoms with van der Waals surface area (Å²) in [6.45, 7) is -0.337. The zero-order chi connectivity index (χ0) is 16.3. The van der Waals surface area contributed by atoms with Gasteiger partial charge in [0.05, 0.1) is 16.4 Å². The van der Waals surface area contributed by atoms with Gasteiger partial charge in [-0.1, -0.05) is 0 Å². The summed E-state index contributed by atoms with van der Waals surface area (Å²) in [5.74, 6) is -1.38. The second kappa shape index (κ2) is 6.52. The number of sulfone groups is 1. The van der Waals surface area contributed by atoms with Gasteiger partial charge in [0.1, 0.15) is 6.04 Å². The topological polar surface area (TPSA) is 127 Å². The standard InChI is InChI=1S/C11H15NO7S2/c1-19-7-10(11(13)14)12-21(17,18)9-5-3-8(4-6-9)20(2,15)16/h3-6,10,12H,7H2,1-2H3,(H,13,14). The molecule has 0 aromatic heterocycles. The quantitative estimate of drug-likeness (QED) is 0.684. The number of rotatable bonds is 7. The molecule has 2 N–H and O–H groups in total. The van der Waals surface area contributed by atoms with Crippen LogP contribution in [0.5, 0.6) is 0 Å². The third-order valence-corrected chi connectivity index (χ3v) is 5.11. The van der Waals surface area contributed by atoms with Crippen LogP contribution in [0.15, 0.2) is 34.1 Å². The minimum atomic E-state index is -4.09. The average molecular weight is 337 g/mol. The summed E-state index contributed by atoms with van der Waals surface area (Å²) in [6.07, 6.45) is 0.994. The van der Waals surface area contributed by atoms with Crippen LogP contribution in [-0.2, 0) is 29.4 Å². The van der Waals surface area contributed by atoms with E-state index in [0.29, 0.717) is 0 Å². The van der Waals surface area contributed by atoms with Crippen LogP contribution in [0.3, 0.4) is 0 Å². The highest BCUT2D eigenvalue weighted by Crippen LogP contribution is 2.14. The fraction of sp³-hybridized carbons (Fsp3) is 0.364. The molecule has 1 aromatic rings. The van der Waals surface area contributed by atoms with Gasteiger partial charge in [-0.25, -0.2) is 16.8 Å². The van der Waals surface area contributed by atoms with Crippen LogP contribution < -0.4 is 4.72 Å². The Morgan fingerprint density at radius 1 is 1.19 bits per heavy atom. The Labute approximate surface area is 122 Å². The maximum Gasteiger partial charge on any atom is 0.324 e. The molecule has 0 heterocycles. The minimum absolute atomic E-state index is 0.0341. The van der Waals surface area contributed by atoms with E-state index in [2.05, 4.69) is 4.74 Å². The molecule has 1 aromatic carbocycles. The number of carbonyl (C=O) groups is 1. The van der Waals surface area contributed by atoms with Gasteiger partial charge in [0.25, 0.3) is 0 Å². The van der Waals surface area contributed by atoms with E-state index in [-0.39, 0.29) is 16.4 Å². The molecule has 0 saturated carbocycles. The summed E-state index contributed by atoms with van der Waals surface area (Å²) in [7, 11) is -6.29. The van der Waals surface area contributed by atoms with Crippen molar-refractivity contribution in [3.63, 3.8) is 0 Å². The molecule has 1 atom stereocenters. The lowest BCUT2D eigenvalue weighted by atomic mass is 10.3. The van der Waals surface area contributed by atoms with Crippen molar-refractivity contribution in [2.45, 2.75) is 15.8 Å². The van der Waals surface area contributed by atoms with Gasteiger partial charge in [-0.15, -0.1) is 0 Å². The van der Waals surface area contributed by atoms with Crippen molar-refractivity contribution >= 4 is 25.8 Å². The molecule has 0 aliphatic carbocycles. The molecule has 118 valence electrons. The predicted molar refractivity (Wildman–Crippen MR) is 73.2 cm³/mol. The van der Waals surface area contributed by atoms with Gasteiger partial charge in [0.2, 0.25) is 10.0 Å². The van der Waals surface area contributed by atoms with Gasteiger partial charge < -0.3 is 9.84 Å². The van der Waals surface area contributed by atoms with E-state index in [0.717, 1.165) is 30.5 Å². The molecular formula is C11H15NO7S2. The van der Waals surface area contributed by atoms with Crippen LogP contribution >= 0.6 is 0 Å². The van der Waals surface area contributed by atoms with Crippen molar-refractivity contribution < 1.29 is 31.5 Å². The highest BCUT2D eigenvalue weighted by Gasteiger charge is 2.25. The largest absolute Gasteiger partial charge is 0.480 e. The number of nitrogens with one attached hydrogen (secondary N) is 1. The molecule has 0 aliphatic heterocycles. The minimum Gasteiger partial charge on any atom is -0.480 e. The molecule has 0 saturated heterocycles. The van der Waals surface area contributed by atoms with Crippen molar-refractivity contribution in [1.29, 1.82) is 0 Å². The number of carboxylic acids is 1. The molecule has 0 aliphatic rings. The number of methoxy groups -OCH3 is 1. The molecule has 0 spiro atoms. The van der Waals surface area contributed by atoms with E-state index in [4.69, 9.17) is 5.11 Å². The first-order valence-electron chi connectivity index (χ1n) is 5.62. The van der Waals surface area contributed by atoms with E-state index in [1.165, 1.54) is 7.11 Å². The zero-order valence-corrected chi connectivity index (χ0v) is 12.9. The van der Waals surface area contributed by atoms with Crippen molar-refractivity contribution in [3.05, 3.63) is 24.3 Å². The van der Waals surface area contributed by atoms with Gasteiger partial charge >= 0.3 is 5.97 Å². The smallest absolute Gasteiger partial charge is 0.324 e. The van der Waals surface area contributed by atoms with E-state index < -0.39 is 31.9 Å². The van der Waals surface area contributed by atoms with E-state index in [1.54, 1.807) is 0 Å². The monoisotopic (exact) mass is 337 g/mol. The molecule has 21 heavy (non-hydrogen) atoms. The molecular weight excluding hydrogens is 322 g/mol. The Morgan fingerprint density at radius 2 is 1.67 bits per heavy atom. The maximum absolute atomic E-state index is 12.0. The molecule has 0 fully saturated rings. The zero-order valence-electron chi connectivity index (χ0n) is 11.3. The van der Waals surface area contributed by atoms with Gasteiger partial charge in [0, 0.05) is 13.4 Å². The predicted octanol–water partition coefficient (Wildman–Crippen LogP) is -0.532. The molecule has 0 radical (unpaired) electrons. The van der Waals surface area contributed by atoms with E-state index in [9.17, 15) is 21.6 Å². The van der Waals surface area contributed by atoms with E-state index >= 15 is 0 Å². The average Bonchev–Trinajstić information content (AvgIpc) is 2.37. The molecule has 0 amide bonds. The Hall–Kier alpha value is -1.49. The van der Waals surface area contributed by atoms with Gasteiger partial charge in [-0.05, 0) is 24.3 Å². The summed E-state index contributed by atoms with van der Waals surface area (Å²) < 4.78 is 53.2. The van der Waals surface area contributed by atoms with Crippen LogP contribution in [0.4, 0.5) is 0 Å². The van der Waals surface area contributed by atoms with Crippen molar-refractivity contribution in [2.75, 3.05) is 20.0 Å². The summed E-state index contributed by atoms with van der Waals surface area (Å²) in [4.78, 5) is 10.6. The van der Waals surface area contributed by atoms with E-state index in [1.807, 2.05) is 4.72 Å². The molecule has 1 unspecified atom stereocenters. The number of hydrogen-bond donors (Lipinski definition) is 2. The summed E-state index contributed by atoms with van der Waals surface area (Å²) >= 11 is 0. The lowest BCUT2D eigenvalue weighted by molar-refractivity contribution is -0.140.